The van der Waals surface area contributed by atoms with Crippen LogP contribution in [-0.2, 0) is 14.2 Å². The zero-order valence-corrected chi connectivity index (χ0v) is 17.4. The van der Waals surface area contributed by atoms with Crippen LogP contribution in [0.3, 0.4) is 0 Å². The van der Waals surface area contributed by atoms with E-state index in [2.05, 4.69) is 26.9 Å². The number of aliphatic hydroxyl groups excluding tert-OH is 1. The second kappa shape index (κ2) is 7.77. The van der Waals surface area contributed by atoms with Crippen molar-refractivity contribution in [3.63, 3.8) is 0 Å². The summed E-state index contributed by atoms with van der Waals surface area (Å²) < 4.78 is 20.2. The van der Waals surface area contributed by atoms with Gasteiger partial charge in [-0.15, -0.1) is 0 Å². The summed E-state index contributed by atoms with van der Waals surface area (Å²) >= 11 is 0. The van der Waals surface area contributed by atoms with E-state index in [1.807, 2.05) is 18.4 Å². The molecule has 1 saturated heterocycles. The molecule has 29 heavy (non-hydrogen) atoms. The molecule has 0 aromatic carbocycles. The molecule has 2 fully saturated rings. The highest BCUT2D eigenvalue weighted by Gasteiger charge is 2.48. The van der Waals surface area contributed by atoms with Gasteiger partial charge in [0.2, 0.25) is 0 Å². The molecule has 0 unspecified atom stereocenters. The average Bonchev–Trinajstić information content (AvgIpc) is 3.20. The third kappa shape index (κ3) is 3.82. The number of nitrogens with two attached hydrogens (primary N) is 1. The van der Waals surface area contributed by atoms with Gasteiger partial charge in [0.05, 0.1) is 6.33 Å². The second-order valence-electron chi connectivity index (χ2n) is 8.46. The lowest BCUT2D eigenvalue weighted by Crippen LogP contribution is -2.50. The molecule has 0 bridgehead atoms. The first-order chi connectivity index (χ1) is 13.8. The first kappa shape index (κ1) is 20.4. The Bertz CT molecular complexity index is 852. The Balaban J connectivity index is 1.57. The Morgan fingerprint density at radius 1 is 1.34 bits per heavy atom. The van der Waals surface area contributed by atoms with Crippen molar-refractivity contribution in [2.24, 2.45) is 5.92 Å². The zero-order valence-electron chi connectivity index (χ0n) is 17.4. The minimum absolute atomic E-state index is 0.225. The summed E-state index contributed by atoms with van der Waals surface area (Å²) in [6.45, 7) is 4.71. The van der Waals surface area contributed by atoms with Crippen LogP contribution in [0.5, 0.6) is 0 Å². The highest BCUT2D eigenvalue weighted by Crippen LogP contribution is 2.39. The quantitative estimate of drug-likeness (QED) is 0.687. The number of anilines is 1. The molecule has 1 aliphatic carbocycles. The van der Waals surface area contributed by atoms with Crippen molar-refractivity contribution < 1.29 is 19.3 Å². The van der Waals surface area contributed by atoms with Crippen LogP contribution in [0.1, 0.15) is 32.9 Å². The minimum Gasteiger partial charge on any atom is -0.396 e. The summed E-state index contributed by atoms with van der Waals surface area (Å²) in [5.74, 6) is -0.0447. The highest BCUT2D eigenvalue weighted by atomic mass is 16.8. The normalized spacial score (nSPS) is 30.0. The van der Waals surface area contributed by atoms with E-state index in [4.69, 9.17) is 19.9 Å². The molecule has 1 aliphatic heterocycles. The van der Waals surface area contributed by atoms with Crippen LogP contribution < -0.4 is 5.73 Å². The molecule has 3 atom stereocenters. The van der Waals surface area contributed by atoms with Crippen molar-refractivity contribution in [1.29, 1.82) is 0 Å². The lowest BCUT2D eigenvalue weighted by Gasteiger charge is -2.42. The number of methoxy groups -OCH3 is 1. The second-order valence-corrected chi connectivity index (χ2v) is 8.46. The number of nitrogens with zero attached hydrogens (tertiary/aromatic N) is 5. The van der Waals surface area contributed by atoms with Crippen LogP contribution in [0.15, 0.2) is 12.7 Å². The lowest BCUT2D eigenvalue weighted by atomic mass is 9.80. The molecule has 0 amide bonds. The highest BCUT2D eigenvalue weighted by molar-refractivity contribution is 5.81. The molecule has 3 heterocycles. The van der Waals surface area contributed by atoms with Gasteiger partial charge in [-0.05, 0) is 39.7 Å². The number of imidazole rings is 1. The van der Waals surface area contributed by atoms with Crippen molar-refractivity contribution in [3.05, 3.63) is 12.7 Å². The van der Waals surface area contributed by atoms with Crippen LogP contribution in [0.25, 0.3) is 11.2 Å². The Labute approximate surface area is 170 Å². The van der Waals surface area contributed by atoms with Gasteiger partial charge in [-0.2, -0.15) is 0 Å². The number of aliphatic hydroxyl groups is 1. The van der Waals surface area contributed by atoms with Crippen LogP contribution in [0.2, 0.25) is 0 Å². The van der Waals surface area contributed by atoms with E-state index >= 15 is 0 Å². The molecule has 0 spiro atoms. The third-order valence-corrected chi connectivity index (χ3v) is 6.00. The summed E-state index contributed by atoms with van der Waals surface area (Å²) in [4.78, 5) is 15.0. The van der Waals surface area contributed by atoms with Gasteiger partial charge >= 0.3 is 0 Å². The van der Waals surface area contributed by atoms with Gasteiger partial charge in [-0.25, -0.2) is 15.0 Å². The molecule has 2 aromatic rings. The standard InChI is InChI=1S/C19H30N6O4/c1-19(2)28-15(13(27-4)7-24(3)12-5-11(6-12)8-26)18(29-19)25-10-23-14-16(20)21-9-22-17(14)25/h9-13,15,18,26H,5-8H2,1-4H3,(H2,20,21,22)/t11?,12?,13-,15-,18-/m1/s1. The van der Waals surface area contributed by atoms with Crippen molar-refractivity contribution in [2.75, 3.05) is 33.0 Å². The van der Waals surface area contributed by atoms with Gasteiger partial charge in [0.15, 0.2) is 23.5 Å². The van der Waals surface area contributed by atoms with Gasteiger partial charge < -0.3 is 30.0 Å². The molecule has 10 nitrogen and oxygen atoms in total. The number of hydrogen-bond donors (Lipinski definition) is 2. The number of hydrogen-bond acceptors (Lipinski definition) is 9. The van der Waals surface area contributed by atoms with Crippen molar-refractivity contribution >= 4 is 17.0 Å². The minimum atomic E-state index is -0.779. The summed E-state index contributed by atoms with van der Waals surface area (Å²) in [7, 11) is 3.77. The summed E-state index contributed by atoms with van der Waals surface area (Å²) in [5.41, 5.74) is 7.07. The van der Waals surface area contributed by atoms with Crippen LogP contribution in [-0.4, -0.2) is 80.9 Å². The Kier molecular flexibility index (Phi) is 5.47. The fraction of sp³-hybridized carbons (Fsp3) is 0.737. The third-order valence-electron chi connectivity index (χ3n) is 6.00. The van der Waals surface area contributed by atoms with E-state index in [-0.39, 0.29) is 18.8 Å². The molecule has 10 heteroatoms. The average molecular weight is 406 g/mol. The molecule has 2 aromatic heterocycles. The predicted molar refractivity (Wildman–Crippen MR) is 106 cm³/mol. The molecular formula is C19H30N6O4. The number of aromatic nitrogens is 4. The predicted octanol–water partition coefficient (Wildman–Crippen LogP) is 0.776. The molecule has 0 radical (unpaired) electrons. The van der Waals surface area contributed by atoms with Crippen LogP contribution >= 0.6 is 0 Å². The van der Waals surface area contributed by atoms with Gasteiger partial charge in [0.1, 0.15) is 24.1 Å². The van der Waals surface area contributed by atoms with Gasteiger partial charge in [0.25, 0.3) is 0 Å². The van der Waals surface area contributed by atoms with Crippen molar-refractivity contribution in [3.8, 4) is 0 Å². The first-order valence-corrected chi connectivity index (χ1v) is 9.95. The number of ether oxygens (including phenoxy) is 3. The fourth-order valence-corrected chi connectivity index (χ4v) is 4.26. The monoisotopic (exact) mass is 406 g/mol. The lowest BCUT2D eigenvalue weighted by molar-refractivity contribution is -0.162. The fourth-order valence-electron chi connectivity index (χ4n) is 4.26. The molecule has 1 saturated carbocycles. The molecular weight excluding hydrogens is 376 g/mol. The largest absolute Gasteiger partial charge is 0.396 e. The van der Waals surface area contributed by atoms with E-state index in [1.54, 1.807) is 13.4 Å². The molecule has 4 rings (SSSR count). The number of fused-ring (bicyclic) bond motifs is 1. The van der Waals surface area contributed by atoms with Crippen molar-refractivity contribution in [1.82, 2.24) is 24.4 Å². The van der Waals surface area contributed by atoms with Gasteiger partial charge in [-0.1, -0.05) is 0 Å². The van der Waals surface area contributed by atoms with Crippen LogP contribution in [0, 0.1) is 5.92 Å². The Hall–Kier alpha value is -1.85. The number of likely N-dealkylation sites (N-methyl/N-ethyl adjacent to an activating group) is 1. The number of rotatable bonds is 7. The topological polar surface area (TPSA) is 121 Å². The maximum atomic E-state index is 9.28. The van der Waals surface area contributed by atoms with E-state index in [9.17, 15) is 5.11 Å². The zero-order chi connectivity index (χ0) is 20.8. The Morgan fingerprint density at radius 2 is 2.10 bits per heavy atom. The van der Waals surface area contributed by atoms with E-state index in [1.165, 1.54) is 6.33 Å². The maximum absolute atomic E-state index is 9.28. The summed E-state index contributed by atoms with van der Waals surface area (Å²) in [6.07, 6.45) is 4.03. The number of nitrogen functional groups attached to an aromatic ring is 1. The van der Waals surface area contributed by atoms with E-state index in [0.717, 1.165) is 12.8 Å². The SMILES string of the molecule is CO[C@H](CN(C)C1CC(CO)C1)[C@H]1OC(C)(C)O[C@H]1n1cnc2c(N)ncnc21. The van der Waals surface area contributed by atoms with Crippen molar-refractivity contribution in [2.45, 2.75) is 57.0 Å². The van der Waals surface area contributed by atoms with Crippen LogP contribution in [0.4, 0.5) is 5.82 Å². The smallest absolute Gasteiger partial charge is 0.169 e. The van der Waals surface area contributed by atoms with E-state index in [0.29, 0.717) is 35.5 Å². The van der Waals surface area contributed by atoms with Gasteiger partial charge in [0, 0.05) is 26.3 Å². The molecule has 3 N–H and O–H groups in total. The first-order valence-electron chi connectivity index (χ1n) is 9.95. The van der Waals surface area contributed by atoms with E-state index < -0.39 is 12.0 Å². The summed E-state index contributed by atoms with van der Waals surface area (Å²) in [6, 6.07) is 0.445. The Morgan fingerprint density at radius 3 is 2.79 bits per heavy atom. The molecule has 160 valence electrons. The summed E-state index contributed by atoms with van der Waals surface area (Å²) in [5, 5.41) is 9.28. The van der Waals surface area contributed by atoms with Gasteiger partial charge in [-0.3, -0.25) is 4.57 Å². The maximum Gasteiger partial charge on any atom is 0.169 e. The molecule has 2 aliphatic rings.